The van der Waals surface area contributed by atoms with E-state index in [-0.39, 0.29) is 12.0 Å². The molecule has 5 heteroatoms. The zero-order chi connectivity index (χ0) is 17.6. The molecule has 4 rings (SSSR count). The van der Waals surface area contributed by atoms with Crippen molar-refractivity contribution < 1.29 is 9.90 Å². The molecule has 1 aromatic heterocycles. The van der Waals surface area contributed by atoms with Gasteiger partial charge in [0.25, 0.3) is 5.91 Å². The lowest BCUT2D eigenvalue weighted by atomic mass is 10.1. The van der Waals surface area contributed by atoms with Crippen molar-refractivity contribution in [3.05, 3.63) is 35.0 Å². The average Bonchev–Trinajstić information content (AvgIpc) is 3.18. The van der Waals surface area contributed by atoms with Crippen LogP contribution in [-0.2, 0) is 0 Å². The van der Waals surface area contributed by atoms with Gasteiger partial charge in [0, 0.05) is 54.4 Å². The molecular weight excluding hydrogens is 314 g/mol. The number of rotatable bonds is 2. The minimum Gasteiger partial charge on any atom is -0.391 e. The topological polar surface area (TPSA) is 59.6 Å². The van der Waals surface area contributed by atoms with E-state index in [2.05, 4.69) is 23.7 Å². The van der Waals surface area contributed by atoms with Gasteiger partial charge in [-0.05, 0) is 56.9 Å². The number of aryl methyl sites for hydroxylation is 2. The lowest BCUT2D eigenvalue weighted by Gasteiger charge is -2.39. The molecule has 2 N–H and O–H groups in total. The minimum absolute atomic E-state index is 0.117. The molecular formula is C20H27N3O2. The number of benzene rings is 1. The maximum absolute atomic E-state index is 12.9. The maximum atomic E-state index is 12.9. The van der Waals surface area contributed by atoms with Crippen molar-refractivity contribution in [1.29, 1.82) is 0 Å². The number of fused-ring (bicyclic) bond motifs is 1. The fourth-order valence-corrected chi connectivity index (χ4v) is 4.38. The smallest absolute Gasteiger partial charge is 0.253 e. The molecule has 0 radical (unpaired) electrons. The summed E-state index contributed by atoms with van der Waals surface area (Å²) in [6, 6.07) is 6.24. The van der Waals surface area contributed by atoms with Gasteiger partial charge in [-0.1, -0.05) is 0 Å². The summed E-state index contributed by atoms with van der Waals surface area (Å²) in [5.41, 5.74) is 4.23. The largest absolute Gasteiger partial charge is 0.391 e. The van der Waals surface area contributed by atoms with E-state index in [1.54, 1.807) is 0 Å². The number of H-pyrrole nitrogens is 1. The number of hydrogen-bond donors (Lipinski definition) is 2. The van der Waals surface area contributed by atoms with Crippen molar-refractivity contribution in [3.63, 3.8) is 0 Å². The Balaban J connectivity index is 1.46. The van der Waals surface area contributed by atoms with Crippen LogP contribution in [-0.4, -0.2) is 64.1 Å². The molecule has 2 fully saturated rings. The van der Waals surface area contributed by atoms with Crippen LogP contribution in [0, 0.1) is 13.8 Å². The first-order valence-corrected chi connectivity index (χ1v) is 9.35. The summed E-state index contributed by atoms with van der Waals surface area (Å²) in [6.45, 7) is 7.36. The van der Waals surface area contributed by atoms with Crippen LogP contribution in [0.2, 0.25) is 0 Å². The molecule has 134 valence electrons. The standard InChI is InChI=1S/C20H27N3O2/c1-13-14(2)21-17-7-6-15(12-16(13)17)20(25)23-10-8-22(9-11-23)18-4-3-5-19(18)24/h6-7,12,18-19,21,24H,3-5,8-11H2,1-2H3/t18-,19+/m1/s1. The molecule has 1 amide bonds. The number of hydrogen-bond acceptors (Lipinski definition) is 3. The highest BCUT2D eigenvalue weighted by molar-refractivity contribution is 5.99. The fourth-order valence-electron chi connectivity index (χ4n) is 4.38. The quantitative estimate of drug-likeness (QED) is 0.882. The Morgan fingerprint density at radius 2 is 1.92 bits per heavy atom. The Morgan fingerprint density at radius 3 is 2.60 bits per heavy atom. The minimum atomic E-state index is -0.190. The number of aliphatic hydroxyl groups is 1. The number of nitrogens with zero attached hydrogens (tertiary/aromatic N) is 2. The van der Waals surface area contributed by atoms with Gasteiger partial charge in [0.15, 0.2) is 0 Å². The van der Waals surface area contributed by atoms with Gasteiger partial charge in [-0.3, -0.25) is 9.69 Å². The summed E-state index contributed by atoms with van der Waals surface area (Å²) in [5.74, 6) is 0.117. The van der Waals surface area contributed by atoms with Gasteiger partial charge in [0.1, 0.15) is 0 Å². The van der Waals surface area contributed by atoms with E-state index in [0.717, 1.165) is 67.6 Å². The number of aliphatic hydroxyl groups excluding tert-OH is 1. The van der Waals surface area contributed by atoms with Crippen molar-refractivity contribution in [3.8, 4) is 0 Å². The van der Waals surface area contributed by atoms with Gasteiger partial charge in [-0.2, -0.15) is 0 Å². The Hall–Kier alpha value is -1.85. The molecule has 1 saturated heterocycles. The molecule has 2 aromatic rings. The van der Waals surface area contributed by atoms with Gasteiger partial charge in [0.2, 0.25) is 0 Å². The molecule has 1 aliphatic carbocycles. The number of carbonyl (C=O) groups is 1. The first kappa shape index (κ1) is 16.6. The molecule has 1 saturated carbocycles. The first-order chi connectivity index (χ1) is 12.0. The molecule has 1 aliphatic heterocycles. The maximum Gasteiger partial charge on any atom is 0.253 e. The third kappa shape index (κ3) is 2.96. The molecule has 0 bridgehead atoms. The van der Waals surface area contributed by atoms with E-state index >= 15 is 0 Å². The predicted octanol–water partition coefficient (Wildman–Crippen LogP) is 2.46. The molecule has 2 aliphatic rings. The summed E-state index contributed by atoms with van der Waals surface area (Å²) in [7, 11) is 0. The third-order valence-electron chi connectivity index (χ3n) is 6.07. The highest BCUT2D eigenvalue weighted by atomic mass is 16.3. The van der Waals surface area contributed by atoms with Crippen LogP contribution in [0.4, 0.5) is 0 Å². The van der Waals surface area contributed by atoms with E-state index in [1.807, 2.05) is 23.1 Å². The Morgan fingerprint density at radius 1 is 1.16 bits per heavy atom. The Bertz CT molecular complexity index is 790. The van der Waals surface area contributed by atoms with Gasteiger partial charge in [-0.15, -0.1) is 0 Å². The molecule has 0 unspecified atom stereocenters. The monoisotopic (exact) mass is 341 g/mol. The Labute approximate surface area is 148 Å². The number of carbonyl (C=O) groups excluding carboxylic acids is 1. The van der Waals surface area contributed by atoms with Crippen LogP contribution in [0.3, 0.4) is 0 Å². The van der Waals surface area contributed by atoms with Crippen LogP contribution in [0.1, 0.15) is 40.9 Å². The second kappa shape index (κ2) is 6.46. The molecule has 2 heterocycles. The van der Waals surface area contributed by atoms with Crippen LogP contribution in [0.25, 0.3) is 10.9 Å². The molecule has 0 spiro atoms. The second-order valence-electron chi connectivity index (χ2n) is 7.53. The van der Waals surface area contributed by atoms with E-state index in [9.17, 15) is 9.90 Å². The zero-order valence-electron chi connectivity index (χ0n) is 15.1. The zero-order valence-corrected chi connectivity index (χ0v) is 15.1. The second-order valence-corrected chi connectivity index (χ2v) is 7.53. The SMILES string of the molecule is Cc1[nH]c2ccc(C(=O)N3CCN([C@@H]4CCC[C@@H]4O)CC3)cc2c1C. The molecule has 2 atom stereocenters. The van der Waals surface area contributed by atoms with E-state index in [0.29, 0.717) is 6.04 Å². The average molecular weight is 341 g/mol. The van der Waals surface area contributed by atoms with Crippen LogP contribution >= 0.6 is 0 Å². The number of aromatic nitrogens is 1. The molecule has 25 heavy (non-hydrogen) atoms. The van der Waals surface area contributed by atoms with Crippen molar-refractivity contribution in [2.45, 2.75) is 45.3 Å². The van der Waals surface area contributed by atoms with Crippen LogP contribution in [0.5, 0.6) is 0 Å². The number of amides is 1. The summed E-state index contributed by atoms with van der Waals surface area (Å²) in [6.07, 6.45) is 2.92. The number of nitrogens with one attached hydrogen (secondary N) is 1. The van der Waals surface area contributed by atoms with E-state index in [1.165, 1.54) is 5.56 Å². The third-order valence-corrected chi connectivity index (χ3v) is 6.07. The van der Waals surface area contributed by atoms with Crippen LogP contribution < -0.4 is 0 Å². The highest BCUT2D eigenvalue weighted by Gasteiger charge is 2.33. The summed E-state index contributed by atoms with van der Waals surface area (Å²) < 4.78 is 0. The van der Waals surface area contributed by atoms with E-state index < -0.39 is 0 Å². The van der Waals surface area contributed by atoms with Crippen LogP contribution in [0.15, 0.2) is 18.2 Å². The van der Waals surface area contributed by atoms with E-state index in [4.69, 9.17) is 0 Å². The van der Waals surface area contributed by atoms with Crippen molar-refractivity contribution in [2.75, 3.05) is 26.2 Å². The number of piperazine rings is 1. The number of aromatic amines is 1. The first-order valence-electron chi connectivity index (χ1n) is 9.35. The summed E-state index contributed by atoms with van der Waals surface area (Å²) in [4.78, 5) is 20.6. The van der Waals surface area contributed by atoms with Gasteiger partial charge >= 0.3 is 0 Å². The normalized spacial score (nSPS) is 25.0. The van der Waals surface area contributed by atoms with Crippen molar-refractivity contribution >= 4 is 16.8 Å². The van der Waals surface area contributed by atoms with Gasteiger partial charge in [0.05, 0.1) is 6.10 Å². The Kier molecular flexibility index (Phi) is 4.29. The molecule has 5 nitrogen and oxygen atoms in total. The summed E-state index contributed by atoms with van der Waals surface area (Å²) >= 11 is 0. The molecule has 1 aromatic carbocycles. The summed E-state index contributed by atoms with van der Waals surface area (Å²) in [5, 5.41) is 11.2. The van der Waals surface area contributed by atoms with Gasteiger partial charge in [-0.25, -0.2) is 0 Å². The lowest BCUT2D eigenvalue weighted by Crippen LogP contribution is -2.53. The fraction of sp³-hybridized carbons (Fsp3) is 0.550. The predicted molar refractivity (Wildman–Crippen MR) is 98.9 cm³/mol. The highest BCUT2D eigenvalue weighted by Crippen LogP contribution is 2.26. The lowest BCUT2D eigenvalue weighted by molar-refractivity contribution is 0.0315. The van der Waals surface area contributed by atoms with Gasteiger partial charge < -0.3 is 15.0 Å². The van der Waals surface area contributed by atoms with Crippen molar-refractivity contribution in [2.24, 2.45) is 0 Å². The van der Waals surface area contributed by atoms with Crippen molar-refractivity contribution in [1.82, 2.24) is 14.8 Å².